The van der Waals surface area contributed by atoms with Crippen molar-refractivity contribution >= 4 is 0 Å². The molecule has 1 aliphatic heterocycles. The van der Waals surface area contributed by atoms with Crippen LogP contribution in [0.5, 0.6) is 11.5 Å². The van der Waals surface area contributed by atoms with Gasteiger partial charge < -0.3 is 14.2 Å². The quantitative estimate of drug-likeness (QED) is 0.617. The van der Waals surface area contributed by atoms with Gasteiger partial charge in [0.1, 0.15) is 13.2 Å². The van der Waals surface area contributed by atoms with Crippen LogP contribution in [0.4, 0.5) is 0 Å². The molecule has 1 aliphatic rings. The Labute approximate surface area is 107 Å². The van der Waals surface area contributed by atoms with E-state index in [2.05, 4.69) is 5.48 Å². The van der Waals surface area contributed by atoms with E-state index in [9.17, 15) is 0 Å². The largest absolute Gasteiger partial charge is 0.486 e. The number of ether oxygens (including phenoxy) is 3. The lowest BCUT2D eigenvalue weighted by atomic mass is 10.1. The molecule has 0 saturated heterocycles. The summed E-state index contributed by atoms with van der Waals surface area (Å²) in [5, 5.41) is 0. The number of hydrogen-bond donors (Lipinski definition) is 1. The van der Waals surface area contributed by atoms with Crippen LogP contribution in [-0.2, 0) is 9.57 Å². The van der Waals surface area contributed by atoms with Gasteiger partial charge in [-0.3, -0.25) is 4.84 Å². The molecule has 5 nitrogen and oxygen atoms in total. The van der Waals surface area contributed by atoms with E-state index in [1.54, 1.807) is 7.11 Å². The van der Waals surface area contributed by atoms with Crippen molar-refractivity contribution in [1.82, 2.24) is 5.48 Å². The van der Waals surface area contributed by atoms with E-state index in [0.717, 1.165) is 17.1 Å². The Kier molecular flexibility index (Phi) is 4.81. The number of hydroxylamine groups is 1. The molecule has 0 spiro atoms. The van der Waals surface area contributed by atoms with E-state index in [0.29, 0.717) is 26.4 Å². The zero-order chi connectivity index (χ0) is 12.8. The predicted octanol–water partition coefficient (Wildman–Crippen LogP) is 1.69. The summed E-state index contributed by atoms with van der Waals surface area (Å²) in [6, 6.07) is 5.99. The molecule has 0 aliphatic carbocycles. The van der Waals surface area contributed by atoms with Gasteiger partial charge in [0.2, 0.25) is 0 Å². The van der Waals surface area contributed by atoms with Gasteiger partial charge in [0.05, 0.1) is 19.3 Å². The van der Waals surface area contributed by atoms with Crippen molar-refractivity contribution in [2.45, 2.75) is 13.0 Å². The summed E-state index contributed by atoms with van der Waals surface area (Å²) in [7, 11) is 1.65. The SMILES string of the molecule is COCCONC(C)c1ccc2c(c1)OCCO2. The zero-order valence-electron chi connectivity index (χ0n) is 10.8. The zero-order valence-corrected chi connectivity index (χ0v) is 10.8. The average molecular weight is 253 g/mol. The molecular formula is C13H19NO4. The van der Waals surface area contributed by atoms with Crippen molar-refractivity contribution in [2.24, 2.45) is 0 Å². The first-order chi connectivity index (χ1) is 8.81. The van der Waals surface area contributed by atoms with Gasteiger partial charge >= 0.3 is 0 Å². The first-order valence-electron chi connectivity index (χ1n) is 6.07. The van der Waals surface area contributed by atoms with Crippen LogP contribution in [0, 0.1) is 0 Å². The van der Waals surface area contributed by atoms with Gasteiger partial charge in [0.15, 0.2) is 11.5 Å². The summed E-state index contributed by atoms with van der Waals surface area (Å²) in [5.74, 6) is 1.60. The molecule has 18 heavy (non-hydrogen) atoms. The summed E-state index contributed by atoms with van der Waals surface area (Å²) < 4.78 is 15.9. The third-order valence-electron chi connectivity index (χ3n) is 2.72. The monoisotopic (exact) mass is 253 g/mol. The highest BCUT2D eigenvalue weighted by Crippen LogP contribution is 2.32. The van der Waals surface area contributed by atoms with Crippen molar-refractivity contribution in [3.05, 3.63) is 23.8 Å². The smallest absolute Gasteiger partial charge is 0.161 e. The number of fused-ring (bicyclic) bond motifs is 1. The summed E-state index contributed by atoms with van der Waals surface area (Å²) in [4.78, 5) is 5.29. The topological polar surface area (TPSA) is 49.0 Å². The fraction of sp³-hybridized carbons (Fsp3) is 0.538. The Balaban J connectivity index is 1.91. The predicted molar refractivity (Wildman–Crippen MR) is 66.8 cm³/mol. The van der Waals surface area contributed by atoms with E-state index < -0.39 is 0 Å². The van der Waals surface area contributed by atoms with Crippen molar-refractivity contribution in [2.75, 3.05) is 33.5 Å². The molecule has 0 amide bonds. The third-order valence-corrected chi connectivity index (χ3v) is 2.72. The van der Waals surface area contributed by atoms with Gasteiger partial charge in [-0.25, -0.2) is 0 Å². The lowest BCUT2D eigenvalue weighted by molar-refractivity contribution is -0.00931. The Bertz CT molecular complexity index is 383. The van der Waals surface area contributed by atoms with Crippen molar-refractivity contribution in [1.29, 1.82) is 0 Å². The molecule has 0 fully saturated rings. The summed E-state index contributed by atoms with van der Waals surface area (Å²) in [5.41, 5.74) is 4.06. The minimum atomic E-state index is 0.0812. The van der Waals surface area contributed by atoms with E-state index in [1.165, 1.54) is 0 Å². The summed E-state index contributed by atoms with van der Waals surface area (Å²) in [6.07, 6.45) is 0. The molecule has 1 unspecified atom stereocenters. The number of methoxy groups -OCH3 is 1. The highest BCUT2D eigenvalue weighted by molar-refractivity contribution is 5.44. The van der Waals surface area contributed by atoms with Gasteiger partial charge in [0, 0.05) is 7.11 Å². The molecule has 5 heteroatoms. The molecule has 0 aromatic heterocycles. The van der Waals surface area contributed by atoms with Gasteiger partial charge in [0.25, 0.3) is 0 Å². The first-order valence-corrected chi connectivity index (χ1v) is 6.07. The number of hydrogen-bond acceptors (Lipinski definition) is 5. The Morgan fingerprint density at radius 1 is 1.22 bits per heavy atom. The van der Waals surface area contributed by atoms with Crippen molar-refractivity contribution in [3.63, 3.8) is 0 Å². The normalized spacial score (nSPS) is 15.4. The first kappa shape index (κ1) is 13.1. The molecule has 1 heterocycles. The molecule has 1 aromatic rings. The summed E-state index contributed by atoms with van der Waals surface area (Å²) in [6.45, 7) is 4.33. The highest BCUT2D eigenvalue weighted by atomic mass is 16.7. The maximum atomic E-state index is 5.54. The van der Waals surface area contributed by atoms with Gasteiger partial charge in [-0.05, 0) is 24.6 Å². The molecule has 1 N–H and O–H groups in total. The summed E-state index contributed by atoms with van der Waals surface area (Å²) >= 11 is 0. The van der Waals surface area contributed by atoms with Crippen LogP contribution in [0.2, 0.25) is 0 Å². The second-order valence-electron chi connectivity index (χ2n) is 4.08. The Morgan fingerprint density at radius 3 is 2.78 bits per heavy atom. The number of benzene rings is 1. The van der Waals surface area contributed by atoms with E-state index in [1.807, 2.05) is 25.1 Å². The van der Waals surface area contributed by atoms with Gasteiger partial charge in [-0.15, -0.1) is 0 Å². The minimum Gasteiger partial charge on any atom is -0.486 e. The second kappa shape index (κ2) is 6.58. The highest BCUT2D eigenvalue weighted by Gasteiger charge is 2.14. The lowest BCUT2D eigenvalue weighted by Crippen LogP contribution is -2.22. The van der Waals surface area contributed by atoms with Gasteiger partial charge in [-0.2, -0.15) is 5.48 Å². The van der Waals surface area contributed by atoms with Crippen LogP contribution in [0.15, 0.2) is 18.2 Å². The fourth-order valence-corrected chi connectivity index (χ4v) is 1.71. The molecule has 0 bridgehead atoms. The standard InChI is InChI=1S/C13H19NO4/c1-10(14-18-8-5-15-2)11-3-4-12-13(9-11)17-7-6-16-12/h3-4,9-10,14H,5-8H2,1-2H3. The fourth-order valence-electron chi connectivity index (χ4n) is 1.71. The lowest BCUT2D eigenvalue weighted by Gasteiger charge is -2.21. The number of rotatable bonds is 6. The maximum absolute atomic E-state index is 5.54. The van der Waals surface area contributed by atoms with E-state index in [-0.39, 0.29) is 6.04 Å². The van der Waals surface area contributed by atoms with Crippen LogP contribution in [0.3, 0.4) is 0 Å². The minimum absolute atomic E-state index is 0.0812. The van der Waals surface area contributed by atoms with Crippen molar-refractivity contribution < 1.29 is 19.0 Å². The maximum Gasteiger partial charge on any atom is 0.161 e. The average Bonchev–Trinajstić information content (AvgIpc) is 2.43. The molecular weight excluding hydrogens is 234 g/mol. The Morgan fingerprint density at radius 2 is 2.00 bits per heavy atom. The Hall–Kier alpha value is -1.30. The molecule has 1 aromatic carbocycles. The van der Waals surface area contributed by atoms with Gasteiger partial charge in [-0.1, -0.05) is 6.07 Å². The van der Waals surface area contributed by atoms with Crippen LogP contribution in [-0.4, -0.2) is 33.5 Å². The van der Waals surface area contributed by atoms with Crippen LogP contribution >= 0.6 is 0 Å². The molecule has 100 valence electrons. The molecule has 1 atom stereocenters. The molecule has 0 radical (unpaired) electrons. The molecule has 2 rings (SSSR count). The van der Waals surface area contributed by atoms with E-state index in [4.69, 9.17) is 19.0 Å². The van der Waals surface area contributed by atoms with Crippen LogP contribution < -0.4 is 15.0 Å². The number of nitrogens with one attached hydrogen (secondary N) is 1. The van der Waals surface area contributed by atoms with Crippen molar-refractivity contribution in [3.8, 4) is 11.5 Å². The third kappa shape index (κ3) is 3.35. The van der Waals surface area contributed by atoms with E-state index >= 15 is 0 Å². The van der Waals surface area contributed by atoms with Crippen LogP contribution in [0.25, 0.3) is 0 Å². The van der Waals surface area contributed by atoms with Crippen LogP contribution in [0.1, 0.15) is 18.5 Å². The second-order valence-corrected chi connectivity index (χ2v) is 4.08. The molecule has 0 saturated carbocycles.